The number of hydrogen-bond acceptors (Lipinski definition) is 2. The number of rotatable bonds is 5. The summed E-state index contributed by atoms with van der Waals surface area (Å²) < 4.78 is 0. The van der Waals surface area contributed by atoms with Crippen molar-refractivity contribution in [3.8, 4) is 11.1 Å². The Morgan fingerprint density at radius 3 is 2.33 bits per heavy atom. The molecule has 1 aromatic carbocycles. The average molecular weight is 322 g/mol. The van der Waals surface area contributed by atoms with Gasteiger partial charge in [0.1, 0.15) is 0 Å². The van der Waals surface area contributed by atoms with E-state index in [1.807, 2.05) is 6.20 Å². The lowest BCUT2D eigenvalue weighted by Crippen LogP contribution is -2.28. The minimum Gasteiger partial charge on any atom is -0.308 e. The van der Waals surface area contributed by atoms with Crippen molar-refractivity contribution in [2.45, 2.75) is 70.9 Å². The lowest BCUT2D eigenvalue weighted by Gasteiger charge is -2.16. The van der Waals surface area contributed by atoms with Gasteiger partial charge in [-0.15, -0.1) is 0 Å². The fourth-order valence-electron chi connectivity index (χ4n) is 3.55. The van der Waals surface area contributed by atoms with Crippen molar-refractivity contribution in [2.75, 3.05) is 0 Å². The Hall–Kier alpha value is -1.67. The number of pyridine rings is 1. The van der Waals surface area contributed by atoms with Crippen LogP contribution in [0.25, 0.3) is 11.1 Å². The first-order valence-corrected chi connectivity index (χ1v) is 9.51. The van der Waals surface area contributed by atoms with Crippen molar-refractivity contribution in [3.05, 3.63) is 53.9 Å². The molecular weight excluding hydrogens is 292 g/mol. The predicted molar refractivity (Wildman–Crippen MR) is 102 cm³/mol. The molecule has 1 aliphatic carbocycles. The summed E-state index contributed by atoms with van der Waals surface area (Å²) in [7, 11) is 0. The van der Waals surface area contributed by atoms with Crippen LogP contribution in [0.15, 0.2) is 42.6 Å². The predicted octanol–water partition coefficient (Wildman–Crippen LogP) is 5.68. The van der Waals surface area contributed by atoms with Gasteiger partial charge in [0.2, 0.25) is 0 Å². The quantitative estimate of drug-likeness (QED) is 0.716. The average Bonchev–Trinajstić information content (AvgIpc) is 2.89. The molecule has 1 N–H and O–H groups in total. The van der Waals surface area contributed by atoms with Crippen molar-refractivity contribution in [1.29, 1.82) is 0 Å². The van der Waals surface area contributed by atoms with Crippen LogP contribution in [0.1, 0.15) is 69.5 Å². The van der Waals surface area contributed by atoms with E-state index in [1.54, 1.807) is 0 Å². The Labute approximate surface area is 146 Å². The minimum atomic E-state index is 0.579. The summed E-state index contributed by atoms with van der Waals surface area (Å²) >= 11 is 0. The Balaban J connectivity index is 1.65. The van der Waals surface area contributed by atoms with Gasteiger partial charge in [0, 0.05) is 18.8 Å². The van der Waals surface area contributed by atoms with E-state index >= 15 is 0 Å². The monoisotopic (exact) mass is 322 g/mol. The molecule has 3 rings (SSSR count). The van der Waals surface area contributed by atoms with Gasteiger partial charge in [0.15, 0.2) is 0 Å². The van der Waals surface area contributed by atoms with Crippen LogP contribution in [0.4, 0.5) is 0 Å². The van der Waals surface area contributed by atoms with Crippen LogP contribution in [0, 0.1) is 0 Å². The fraction of sp³-hybridized carbons (Fsp3) is 0.500. The first-order valence-electron chi connectivity index (χ1n) is 9.51. The molecule has 0 bridgehead atoms. The highest BCUT2D eigenvalue weighted by Crippen LogP contribution is 2.23. The summed E-state index contributed by atoms with van der Waals surface area (Å²) in [6.07, 6.45) is 10.1. The molecular formula is C22H30N2. The highest BCUT2D eigenvalue weighted by molar-refractivity contribution is 5.63. The third kappa shape index (κ3) is 4.67. The van der Waals surface area contributed by atoms with Gasteiger partial charge in [-0.1, -0.05) is 63.8 Å². The summed E-state index contributed by atoms with van der Waals surface area (Å²) in [5, 5.41) is 3.72. The number of nitrogens with one attached hydrogen (secondary N) is 1. The molecule has 1 saturated carbocycles. The maximum Gasteiger partial charge on any atom is 0.0547 e. The zero-order chi connectivity index (χ0) is 16.8. The lowest BCUT2D eigenvalue weighted by molar-refractivity contribution is 0.456. The summed E-state index contributed by atoms with van der Waals surface area (Å²) in [5.41, 5.74) is 5.07. The molecule has 0 amide bonds. The van der Waals surface area contributed by atoms with Crippen molar-refractivity contribution in [2.24, 2.45) is 0 Å². The highest BCUT2D eigenvalue weighted by atomic mass is 14.9. The topological polar surface area (TPSA) is 24.9 Å². The van der Waals surface area contributed by atoms with E-state index in [1.165, 1.54) is 55.2 Å². The minimum absolute atomic E-state index is 0.579. The van der Waals surface area contributed by atoms with Crippen molar-refractivity contribution < 1.29 is 0 Å². The molecule has 0 atom stereocenters. The Morgan fingerprint density at radius 2 is 1.67 bits per heavy atom. The van der Waals surface area contributed by atoms with Gasteiger partial charge >= 0.3 is 0 Å². The lowest BCUT2D eigenvalue weighted by atomic mass is 9.99. The van der Waals surface area contributed by atoms with E-state index in [0.29, 0.717) is 12.0 Å². The SMILES string of the molecule is CC(C)c1ccc(-c2ccnc(CNC3CCCCCC3)c2)cc1. The molecule has 128 valence electrons. The summed E-state index contributed by atoms with van der Waals surface area (Å²) in [6.45, 7) is 5.35. The molecule has 1 fully saturated rings. The maximum atomic E-state index is 4.56. The van der Waals surface area contributed by atoms with E-state index < -0.39 is 0 Å². The highest BCUT2D eigenvalue weighted by Gasteiger charge is 2.11. The number of benzene rings is 1. The second-order valence-corrected chi connectivity index (χ2v) is 7.38. The zero-order valence-corrected chi connectivity index (χ0v) is 15.1. The first kappa shape index (κ1) is 17.2. The normalized spacial score (nSPS) is 16.3. The van der Waals surface area contributed by atoms with Gasteiger partial charge in [-0.25, -0.2) is 0 Å². The third-order valence-corrected chi connectivity index (χ3v) is 5.15. The Bertz CT molecular complexity index is 623. The smallest absolute Gasteiger partial charge is 0.0547 e. The van der Waals surface area contributed by atoms with Crippen LogP contribution in [0.3, 0.4) is 0 Å². The fourth-order valence-corrected chi connectivity index (χ4v) is 3.55. The molecule has 1 aliphatic rings. The molecule has 1 aromatic heterocycles. The second-order valence-electron chi connectivity index (χ2n) is 7.38. The number of aromatic nitrogens is 1. The maximum absolute atomic E-state index is 4.56. The molecule has 1 heterocycles. The van der Waals surface area contributed by atoms with Gasteiger partial charge in [0.05, 0.1) is 5.69 Å². The second kappa shape index (κ2) is 8.43. The summed E-state index contributed by atoms with van der Waals surface area (Å²) in [4.78, 5) is 4.56. The van der Waals surface area contributed by atoms with Gasteiger partial charge in [0.25, 0.3) is 0 Å². The van der Waals surface area contributed by atoms with E-state index in [9.17, 15) is 0 Å². The molecule has 2 nitrogen and oxygen atoms in total. The van der Waals surface area contributed by atoms with E-state index in [4.69, 9.17) is 0 Å². The van der Waals surface area contributed by atoms with Crippen LogP contribution in [0.5, 0.6) is 0 Å². The zero-order valence-electron chi connectivity index (χ0n) is 15.1. The largest absolute Gasteiger partial charge is 0.308 e. The molecule has 0 unspecified atom stereocenters. The Morgan fingerprint density at radius 1 is 0.958 bits per heavy atom. The van der Waals surface area contributed by atoms with Gasteiger partial charge in [-0.3, -0.25) is 4.98 Å². The van der Waals surface area contributed by atoms with Gasteiger partial charge in [-0.05, 0) is 47.6 Å². The Kier molecular flexibility index (Phi) is 6.03. The van der Waals surface area contributed by atoms with Crippen LogP contribution >= 0.6 is 0 Å². The van der Waals surface area contributed by atoms with Crippen LogP contribution in [-0.4, -0.2) is 11.0 Å². The van der Waals surface area contributed by atoms with E-state index in [0.717, 1.165) is 12.2 Å². The molecule has 0 saturated heterocycles. The van der Waals surface area contributed by atoms with Crippen molar-refractivity contribution >= 4 is 0 Å². The molecule has 0 spiro atoms. The van der Waals surface area contributed by atoms with E-state index in [-0.39, 0.29) is 0 Å². The number of nitrogens with zero attached hydrogens (tertiary/aromatic N) is 1. The first-order chi connectivity index (χ1) is 11.7. The van der Waals surface area contributed by atoms with Gasteiger partial charge in [-0.2, -0.15) is 0 Å². The van der Waals surface area contributed by atoms with Crippen LogP contribution in [-0.2, 0) is 6.54 Å². The van der Waals surface area contributed by atoms with Crippen LogP contribution < -0.4 is 5.32 Å². The van der Waals surface area contributed by atoms with Crippen LogP contribution in [0.2, 0.25) is 0 Å². The van der Waals surface area contributed by atoms with E-state index in [2.05, 4.69) is 60.5 Å². The molecule has 24 heavy (non-hydrogen) atoms. The molecule has 0 aliphatic heterocycles. The summed E-state index contributed by atoms with van der Waals surface area (Å²) in [6, 6.07) is 13.9. The van der Waals surface area contributed by atoms with Crippen molar-refractivity contribution in [3.63, 3.8) is 0 Å². The molecule has 2 heteroatoms. The van der Waals surface area contributed by atoms with Gasteiger partial charge < -0.3 is 5.32 Å². The molecule has 0 radical (unpaired) electrons. The standard InChI is InChI=1S/C22H30N2/c1-17(2)18-9-11-19(12-10-18)20-13-14-23-22(15-20)16-24-21-7-5-3-4-6-8-21/h9-15,17,21,24H,3-8,16H2,1-2H3. The third-order valence-electron chi connectivity index (χ3n) is 5.15. The number of hydrogen-bond donors (Lipinski definition) is 1. The van der Waals surface area contributed by atoms with Crippen molar-refractivity contribution in [1.82, 2.24) is 10.3 Å². The summed E-state index contributed by atoms with van der Waals surface area (Å²) in [5.74, 6) is 0.579. The molecule has 2 aromatic rings.